The number of halogens is 1. The van der Waals surface area contributed by atoms with Crippen molar-refractivity contribution in [3.05, 3.63) is 101 Å². The highest BCUT2D eigenvalue weighted by Crippen LogP contribution is 2.34. The highest BCUT2D eigenvalue weighted by molar-refractivity contribution is 7.22. The summed E-state index contributed by atoms with van der Waals surface area (Å²) in [6.45, 7) is 0.323. The standard InChI is InChI=1S/C24H16ClN3OS/c25-20-9-5-10-21-22(20)27-24(30-21)28(15-19-8-3-4-13-26-19)23(29)18-12-11-16-6-1-2-7-17(16)14-18/h1-14H,15H2. The molecule has 0 radical (unpaired) electrons. The number of benzene rings is 3. The minimum absolute atomic E-state index is 0.124. The molecule has 4 nitrogen and oxygen atoms in total. The number of hydrogen-bond acceptors (Lipinski definition) is 4. The summed E-state index contributed by atoms with van der Waals surface area (Å²) >= 11 is 7.77. The van der Waals surface area contributed by atoms with Gasteiger partial charge in [0, 0.05) is 11.8 Å². The molecular weight excluding hydrogens is 414 g/mol. The summed E-state index contributed by atoms with van der Waals surface area (Å²) in [6.07, 6.45) is 1.73. The van der Waals surface area contributed by atoms with Crippen LogP contribution in [0.15, 0.2) is 85.1 Å². The van der Waals surface area contributed by atoms with Crippen molar-refractivity contribution in [2.45, 2.75) is 6.54 Å². The number of rotatable bonds is 4. The second kappa shape index (κ2) is 7.86. The van der Waals surface area contributed by atoms with Crippen LogP contribution >= 0.6 is 22.9 Å². The van der Waals surface area contributed by atoms with Crippen molar-refractivity contribution in [2.75, 3.05) is 4.90 Å². The molecule has 0 saturated carbocycles. The van der Waals surface area contributed by atoms with Gasteiger partial charge in [0.25, 0.3) is 5.91 Å². The SMILES string of the molecule is O=C(c1ccc2ccccc2c1)N(Cc1ccccn1)c1nc2c(Cl)cccc2s1. The second-order valence-electron chi connectivity index (χ2n) is 6.86. The number of hydrogen-bond donors (Lipinski definition) is 0. The van der Waals surface area contributed by atoms with E-state index in [1.165, 1.54) is 11.3 Å². The van der Waals surface area contributed by atoms with E-state index in [0.717, 1.165) is 21.2 Å². The Morgan fingerprint density at radius 3 is 2.57 bits per heavy atom. The molecule has 5 rings (SSSR count). The largest absolute Gasteiger partial charge is 0.278 e. The number of aromatic nitrogens is 2. The van der Waals surface area contributed by atoms with Gasteiger partial charge in [-0.2, -0.15) is 0 Å². The summed E-state index contributed by atoms with van der Waals surface area (Å²) in [5.74, 6) is -0.124. The molecule has 30 heavy (non-hydrogen) atoms. The van der Waals surface area contributed by atoms with Crippen molar-refractivity contribution in [1.82, 2.24) is 9.97 Å². The molecular formula is C24H16ClN3OS. The van der Waals surface area contributed by atoms with Crippen LogP contribution in [0.1, 0.15) is 16.1 Å². The van der Waals surface area contributed by atoms with Crippen molar-refractivity contribution in [1.29, 1.82) is 0 Å². The highest BCUT2D eigenvalue weighted by atomic mass is 35.5. The fraction of sp³-hybridized carbons (Fsp3) is 0.0417. The molecule has 1 amide bonds. The van der Waals surface area contributed by atoms with Crippen LogP contribution in [0, 0.1) is 0 Å². The molecule has 0 unspecified atom stereocenters. The average Bonchev–Trinajstić information content (AvgIpc) is 3.23. The topological polar surface area (TPSA) is 46.1 Å². The van der Waals surface area contributed by atoms with Crippen LogP contribution in [0.25, 0.3) is 21.0 Å². The van der Waals surface area contributed by atoms with Gasteiger partial charge < -0.3 is 0 Å². The number of carbonyl (C=O) groups is 1. The summed E-state index contributed by atoms with van der Waals surface area (Å²) in [4.78, 5) is 24.3. The lowest BCUT2D eigenvalue weighted by molar-refractivity contribution is 0.0985. The first-order chi connectivity index (χ1) is 14.7. The zero-order valence-electron chi connectivity index (χ0n) is 15.8. The van der Waals surface area contributed by atoms with Crippen molar-refractivity contribution in [3.63, 3.8) is 0 Å². The Morgan fingerprint density at radius 2 is 1.77 bits per heavy atom. The number of thiazole rings is 1. The molecule has 0 spiro atoms. The maximum Gasteiger partial charge on any atom is 0.260 e. The first-order valence-electron chi connectivity index (χ1n) is 9.45. The smallest absolute Gasteiger partial charge is 0.260 e. The Morgan fingerprint density at radius 1 is 0.933 bits per heavy atom. The quantitative estimate of drug-likeness (QED) is 0.334. The van der Waals surface area contributed by atoms with E-state index in [0.29, 0.717) is 27.8 Å². The summed E-state index contributed by atoms with van der Waals surface area (Å²) in [5, 5.41) is 3.29. The van der Waals surface area contributed by atoms with Crippen LogP contribution in [0.4, 0.5) is 5.13 Å². The molecule has 5 aromatic rings. The van der Waals surface area contributed by atoms with Crippen molar-refractivity contribution >= 4 is 55.0 Å². The van der Waals surface area contributed by atoms with E-state index in [4.69, 9.17) is 11.6 Å². The monoisotopic (exact) mass is 429 g/mol. The van der Waals surface area contributed by atoms with Gasteiger partial charge >= 0.3 is 0 Å². The van der Waals surface area contributed by atoms with Gasteiger partial charge in [-0.3, -0.25) is 14.7 Å². The summed E-state index contributed by atoms with van der Waals surface area (Å²) in [7, 11) is 0. The molecule has 0 bridgehead atoms. The van der Waals surface area contributed by atoms with Crippen LogP contribution in [0.5, 0.6) is 0 Å². The maximum atomic E-state index is 13.6. The molecule has 0 atom stereocenters. The molecule has 146 valence electrons. The van der Waals surface area contributed by atoms with Crippen molar-refractivity contribution < 1.29 is 4.79 Å². The molecule has 0 aliphatic carbocycles. The minimum atomic E-state index is -0.124. The van der Waals surface area contributed by atoms with E-state index in [2.05, 4.69) is 9.97 Å². The van der Waals surface area contributed by atoms with Gasteiger partial charge in [0.2, 0.25) is 0 Å². The van der Waals surface area contributed by atoms with Gasteiger partial charge in [-0.25, -0.2) is 4.98 Å². The van der Waals surface area contributed by atoms with Crippen LogP contribution < -0.4 is 4.90 Å². The summed E-state index contributed by atoms with van der Waals surface area (Å²) in [5.41, 5.74) is 2.10. The zero-order valence-corrected chi connectivity index (χ0v) is 17.4. The van der Waals surface area contributed by atoms with Gasteiger partial charge in [-0.1, -0.05) is 65.4 Å². The number of para-hydroxylation sites is 1. The number of fused-ring (bicyclic) bond motifs is 2. The molecule has 3 aromatic carbocycles. The normalized spacial score (nSPS) is 11.1. The summed E-state index contributed by atoms with van der Waals surface area (Å²) < 4.78 is 0.940. The van der Waals surface area contributed by atoms with Gasteiger partial charge in [0.05, 0.1) is 22.0 Å². The molecule has 0 saturated heterocycles. The lowest BCUT2D eigenvalue weighted by atomic mass is 10.1. The molecule has 0 aliphatic heterocycles. The molecule has 2 aromatic heterocycles. The molecule has 0 N–H and O–H groups in total. The molecule has 0 fully saturated rings. The number of nitrogens with zero attached hydrogens (tertiary/aromatic N) is 3. The van der Waals surface area contributed by atoms with E-state index < -0.39 is 0 Å². The highest BCUT2D eigenvalue weighted by Gasteiger charge is 2.23. The Balaban J connectivity index is 1.60. The molecule has 6 heteroatoms. The Labute approximate surface area is 182 Å². The zero-order chi connectivity index (χ0) is 20.5. The number of anilines is 1. The summed E-state index contributed by atoms with van der Waals surface area (Å²) in [6, 6.07) is 25.1. The number of amides is 1. The first-order valence-corrected chi connectivity index (χ1v) is 10.6. The minimum Gasteiger partial charge on any atom is -0.278 e. The third-order valence-corrected chi connectivity index (χ3v) is 6.23. The Kier molecular flexibility index (Phi) is 4.91. The van der Waals surface area contributed by atoms with Crippen LogP contribution in [-0.2, 0) is 6.54 Å². The Bertz CT molecular complexity index is 1370. The third-order valence-electron chi connectivity index (χ3n) is 4.88. The number of carbonyl (C=O) groups excluding carboxylic acids is 1. The van der Waals surface area contributed by atoms with Gasteiger partial charge in [-0.05, 0) is 47.2 Å². The fourth-order valence-corrected chi connectivity index (χ4v) is 4.64. The molecule has 2 heterocycles. The predicted octanol–water partition coefficient (Wildman–Crippen LogP) is 6.34. The Hall–Kier alpha value is -3.28. The first kappa shape index (κ1) is 18.7. The average molecular weight is 430 g/mol. The lowest BCUT2D eigenvalue weighted by Crippen LogP contribution is -2.30. The van der Waals surface area contributed by atoms with Crippen molar-refractivity contribution in [2.24, 2.45) is 0 Å². The van der Waals surface area contributed by atoms with Crippen LogP contribution in [-0.4, -0.2) is 15.9 Å². The van der Waals surface area contributed by atoms with E-state index in [-0.39, 0.29) is 5.91 Å². The lowest BCUT2D eigenvalue weighted by Gasteiger charge is -2.20. The number of pyridine rings is 1. The van der Waals surface area contributed by atoms with Gasteiger partial charge in [-0.15, -0.1) is 0 Å². The van der Waals surface area contributed by atoms with Gasteiger partial charge in [0.1, 0.15) is 5.52 Å². The van der Waals surface area contributed by atoms with Crippen LogP contribution in [0.2, 0.25) is 5.02 Å². The van der Waals surface area contributed by atoms with Gasteiger partial charge in [0.15, 0.2) is 5.13 Å². The third kappa shape index (κ3) is 3.54. The van der Waals surface area contributed by atoms with E-state index >= 15 is 0 Å². The maximum absolute atomic E-state index is 13.6. The predicted molar refractivity (Wildman–Crippen MR) is 123 cm³/mol. The second-order valence-corrected chi connectivity index (χ2v) is 8.27. The van der Waals surface area contributed by atoms with Crippen LogP contribution in [0.3, 0.4) is 0 Å². The van der Waals surface area contributed by atoms with E-state index in [1.807, 2.05) is 78.9 Å². The van der Waals surface area contributed by atoms with Crippen molar-refractivity contribution in [3.8, 4) is 0 Å². The van der Waals surface area contributed by atoms with E-state index in [9.17, 15) is 4.79 Å². The molecule has 0 aliphatic rings. The fourth-order valence-electron chi connectivity index (χ4n) is 3.38. The van der Waals surface area contributed by atoms with E-state index in [1.54, 1.807) is 11.1 Å².